The van der Waals surface area contributed by atoms with E-state index in [0.29, 0.717) is 43.0 Å². The molecule has 34 heavy (non-hydrogen) atoms. The maximum Gasteiger partial charge on any atom is 0.255 e. The predicted molar refractivity (Wildman–Crippen MR) is 119 cm³/mol. The fourth-order valence-electron chi connectivity index (χ4n) is 5.74. The van der Waals surface area contributed by atoms with Crippen molar-refractivity contribution in [3.05, 3.63) is 29.3 Å². The lowest BCUT2D eigenvalue weighted by atomic mass is 9.86. The van der Waals surface area contributed by atoms with E-state index in [-0.39, 0.29) is 37.2 Å². The van der Waals surface area contributed by atoms with Gasteiger partial charge in [0.25, 0.3) is 5.91 Å². The Morgan fingerprint density at radius 3 is 2.65 bits per heavy atom. The van der Waals surface area contributed by atoms with Crippen molar-refractivity contribution in [3.8, 4) is 5.75 Å². The summed E-state index contributed by atoms with van der Waals surface area (Å²) in [5, 5.41) is 2.32. The number of imide groups is 1. The summed E-state index contributed by atoms with van der Waals surface area (Å²) in [6, 6.07) is 4.80. The van der Waals surface area contributed by atoms with Crippen molar-refractivity contribution in [1.82, 2.24) is 15.1 Å². The number of nitrogens with zero attached hydrogens (tertiary/aromatic N) is 2. The Bertz CT molecular complexity index is 975. The summed E-state index contributed by atoms with van der Waals surface area (Å²) in [4.78, 5) is 40.4. The lowest BCUT2D eigenvalue weighted by molar-refractivity contribution is -0.136. The van der Waals surface area contributed by atoms with E-state index in [4.69, 9.17) is 4.74 Å². The van der Waals surface area contributed by atoms with E-state index < -0.39 is 17.9 Å². The predicted octanol–water partition coefficient (Wildman–Crippen LogP) is 3.12. The Morgan fingerprint density at radius 2 is 1.88 bits per heavy atom. The molecule has 3 fully saturated rings. The van der Waals surface area contributed by atoms with Gasteiger partial charge in [0.15, 0.2) is 0 Å². The molecule has 0 bridgehead atoms. The molecule has 1 aromatic rings. The number of hydrogen-bond acceptors (Lipinski definition) is 5. The molecule has 0 spiro atoms. The fraction of sp³-hybridized carbons (Fsp3) is 0.640. The number of likely N-dealkylation sites (tertiary alicyclic amines) is 1. The van der Waals surface area contributed by atoms with Gasteiger partial charge in [-0.3, -0.25) is 24.6 Å². The molecule has 1 N–H and O–H groups in total. The van der Waals surface area contributed by atoms with Gasteiger partial charge in [-0.1, -0.05) is 0 Å². The second-order valence-electron chi connectivity index (χ2n) is 10.2. The number of rotatable bonds is 5. The summed E-state index contributed by atoms with van der Waals surface area (Å²) in [5.74, 6) is -2.39. The molecule has 0 radical (unpaired) electrons. The molecule has 7 nitrogen and oxygen atoms in total. The Labute approximate surface area is 197 Å². The van der Waals surface area contributed by atoms with Gasteiger partial charge < -0.3 is 9.64 Å². The van der Waals surface area contributed by atoms with Crippen LogP contribution in [0.15, 0.2) is 18.2 Å². The Morgan fingerprint density at radius 1 is 1.09 bits per heavy atom. The third-order valence-corrected chi connectivity index (χ3v) is 7.61. The molecular formula is C25H31F2N3O4. The van der Waals surface area contributed by atoms with Gasteiger partial charge in [0.2, 0.25) is 17.7 Å². The van der Waals surface area contributed by atoms with Crippen LogP contribution in [0.5, 0.6) is 5.75 Å². The lowest BCUT2D eigenvalue weighted by Crippen LogP contribution is -2.52. The first-order valence-electron chi connectivity index (χ1n) is 12.3. The summed E-state index contributed by atoms with van der Waals surface area (Å²) >= 11 is 0. The first-order chi connectivity index (χ1) is 16.3. The summed E-state index contributed by atoms with van der Waals surface area (Å²) < 4.78 is 33.2. The molecule has 2 saturated heterocycles. The van der Waals surface area contributed by atoms with Gasteiger partial charge in [0.1, 0.15) is 17.9 Å². The summed E-state index contributed by atoms with van der Waals surface area (Å²) in [6.45, 7) is 2.90. The molecule has 9 heteroatoms. The number of benzene rings is 1. The van der Waals surface area contributed by atoms with Crippen LogP contribution >= 0.6 is 0 Å². The Hall–Kier alpha value is -2.55. The third kappa shape index (κ3) is 4.94. The van der Waals surface area contributed by atoms with Gasteiger partial charge in [-0.05, 0) is 68.3 Å². The standard InChI is InChI=1S/C25H31F2N3O4/c26-25(27)9-7-16(8-10-25)13-29-11-1-2-19(15-29)34-18-3-4-20-17(12-18)14-30(24(20)33)21-5-6-22(31)28-23(21)32/h3-4,12,16,19,21H,1-2,5-11,13-15H2,(H,28,31,32). The first kappa shape index (κ1) is 23.2. The van der Waals surface area contributed by atoms with Crippen molar-refractivity contribution < 1.29 is 27.9 Å². The van der Waals surface area contributed by atoms with E-state index in [9.17, 15) is 23.2 Å². The van der Waals surface area contributed by atoms with Crippen molar-refractivity contribution >= 4 is 17.7 Å². The lowest BCUT2D eigenvalue weighted by Gasteiger charge is -2.37. The van der Waals surface area contributed by atoms with Crippen LogP contribution in [-0.2, 0) is 16.1 Å². The molecular weight excluding hydrogens is 444 g/mol. The van der Waals surface area contributed by atoms with Crippen molar-refractivity contribution in [2.45, 2.75) is 76.0 Å². The highest BCUT2D eigenvalue weighted by molar-refractivity contribution is 6.05. The van der Waals surface area contributed by atoms with E-state index in [2.05, 4.69) is 10.2 Å². The van der Waals surface area contributed by atoms with Crippen LogP contribution < -0.4 is 10.1 Å². The number of hydrogen-bond donors (Lipinski definition) is 1. The van der Waals surface area contributed by atoms with E-state index in [1.807, 2.05) is 6.07 Å². The zero-order chi connectivity index (χ0) is 23.9. The molecule has 3 aliphatic heterocycles. The smallest absolute Gasteiger partial charge is 0.255 e. The van der Waals surface area contributed by atoms with Crippen molar-refractivity contribution in [2.24, 2.45) is 5.92 Å². The minimum absolute atomic E-state index is 0.00484. The highest BCUT2D eigenvalue weighted by Gasteiger charge is 2.39. The number of fused-ring (bicyclic) bond motifs is 1. The van der Waals surface area contributed by atoms with Crippen LogP contribution in [0.25, 0.3) is 0 Å². The van der Waals surface area contributed by atoms with Crippen LogP contribution in [0.4, 0.5) is 8.78 Å². The van der Waals surface area contributed by atoms with Gasteiger partial charge in [-0.2, -0.15) is 0 Å². The van der Waals surface area contributed by atoms with E-state index >= 15 is 0 Å². The average molecular weight is 476 g/mol. The second kappa shape index (κ2) is 9.24. The van der Waals surface area contributed by atoms with Gasteiger partial charge in [-0.25, -0.2) is 8.78 Å². The largest absolute Gasteiger partial charge is 0.489 e. The Balaban J connectivity index is 1.18. The highest BCUT2D eigenvalue weighted by atomic mass is 19.3. The fourth-order valence-corrected chi connectivity index (χ4v) is 5.74. The minimum Gasteiger partial charge on any atom is -0.489 e. The number of amides is 3. The van der Waals surface area contributed by atoms with E-state index in [1.54, 1.807) is 12.1 Å². The molecule has 2 unspecified atom stereocenters. The van der Waals surface area contributed by atoms with Crippen molar-refractivity contribution in [1.29, 1.82) is 0 Å². The van der Waals surface area contributed by atoms with Crippen LogP contribution in [0.1, 0.15) is 67.3 Å². The number of piperidine rings is 2. The number of nitrogens with one attached hydrogen (secondary N) is 1. The van der Waals surface area contributed by atoms with Gasteiger partial charge >= 0.3 is 0 Å². The third-order valence-electron chi connectivity index (χ3n) is 7.61. The number of ether oxygens (including phenoxy) is 1. The molecule has 0 aromatic heterocycles. The number of carbonyl (C=O) groups is 3. The van der Waals surface area contributed by atoms with Crippen LogP contribution in [-0.4, -0.2) is 65.2 Å². The van der Waals surface area contributed by atoms with Crippen molar-refractivity contribution in [3.63, 3.8) is 0 Å². The molecule has 4 aliphatic rings. The molecule has 3 amide bonds. The zero-order valence-electron chi connectivity index (χ0n) is 19.2. The number of carbonyl (C=O) groups excluding carboxylic acids is 3. The van der Waals surface area contributed by atoms with E-state index in [1.165, 1.54) is 4.90 Å². The number of halogens is 2. The molecule has 1 aliphatic carbocycles. The monoisotopic (exact) mass is 475 g/mol. The average Bonchev–Trinajstić information content (AvgIpc) is 3.11. The SMILES string of the molecule is O=C1CCC(N2Cc3cc(OC4CCCN(CC5CCC(F)(F)CC5)C4)ccc3C2=O)C(=O)N1. The van der Waals surface area contributed by atoms with Gasteiger partial charge in [0.05, 0.1) is 0 Å². The maximum absolute atomic E-state index is 13.5. The maximum atomic E-state index is 13.5. The molecule has 1 aromatic carbocycles. The quantitative estimate of drug-likeness (QED) is 0.662. The van der Waals surface area contributed by atoms with Crippen LogP contribution in [0.3, 0.4) is 0 Å². The second-order valence-corrected chi connectivity index (χ2v) is 10.2. The van der Waals surface area contributed by atoms with Crippen LogP contribution in [0.2, 0.25) is 0 Å². The van der Waals surface area contributed by atoms with Gasteiger partial charge in [-0.15, -0.1) is 0 Å². The molecule has 5 rings (SSSR count). The summed E-state index contributed by atoms with van der Waals surface area (Å²) in [5.41, 5.74) is 1.39. The minimum atomic E-state index is -2.49. The molecule has 2 atom stereocenters. The zero-order valence-corrected chi connectivity index (χ0v) is 19.2. The number of alkyl halides is 2. The van der Waals surface area contributed by atoms with Crippen molar-refractivity contribution in [2.75, 3.05) is 19.6 Å². The normalized spacial score (nSPS) is 28.1. The van der Waals surface area contributed by atoms with Crippen LogP contribution in [0, 0.1) is 5.92 Å². The first-order valence-corrected chi connectivity index (χ1v) is 12.3. The highest BCUT2D eigenvalue weighted by Crippen LogP contribution is 2.37. The molecule has 1 saturated carbocycles. The molecule has 184 valence electrons. The topological polar surface area (TPSA) is 79.0 Å². The molecule has 3 heterocycles. The Kier molecular flexibility index (Phi) is 6.31. The van der Waals surface area contributed by atoms with E-state index in [0.717, 1.165) is 38.0 Å². The van der Waals surface area contributed by atoms with Gasteiger partial charge in [0, 0.05) is 44.5 Å². The summed E-state index contributed by atoms with van der Waals surface area (Å²) in [6.07, 6.45) is 3.66. The summed E-state index contributed by atoms with van der Waals surface area (Å²) in [7, 11) is 0.